The number of aliphatic hydroxyl groups excluding tert-OH is 1. The van der Waals surface area contributed by atoms with Crippen LogP contribution in [-0.4, -0.2) is 30.3 Å². The Kier molecular flexibility index (Phi) is 2.45. The Hall–Kier alpha value is -0.120. The molecule has 0 bridgehead atoms. The molecule has 2 atom stereocenters. The second kappa shape index (κ2) is 3.15. The van der Waals surface area contributed by atoms with E-state index in [0.29, 0.717) is 0 Å². The van der Waals surface area contributed by atoms with Crippen LogP contribution in [0.25, 0.3) is 0 Å². The maximum Gasteiger partial charge on any atom is 0.0703 e. The van der Waals surface area contributed by atoms with Gasteiger partial charge in [0, 0.05) is 6.04 Å². The highest BCUT2D eigenvalue weighted by Crippen LogP contribution is 2.02. The molecule has 1 fully saturated rings. The van der Waals surface area contributed by atoms with Gasteiger partial charge in [0.2, 0.25) is 0 Å². The van der Waals surface area contributed by atoms with Crippen molar-refractivity contribution in [1.82, 2.24) is 5.32 Å². The smallest absolute Gasteiger partial charge is 0.0703 e. The molecule has 9 heavy (non-hydrogen) atoms. The van der Waals surface area contributed by atoms with Gasteiger partial charge in [-0.1, -0.05) is 0 Å². The van der Waals surface area contributed by atoms with Crippen LogP contribution >= 0.6 is 0 Å². The maximum absolute atomic E-state index is 9.19. The van der Waals surface area contributed by atoms with Crippen molar-refractivity contribution in [2.24, 2.45) is 5.73 Å². The third-order valence-electron chi connectivity index (χ3n) is 1.77. The summed E-state index contributed by atoms with van der Waals surface area (Å²) in [7, 11) is 0. The number of hydrogen-bond acceptors (Lipinski definition) is 3. The van der Waals surface area contributed by atoms with Crippen molar-refractivity contribution in [1.29, 1.82) is 0 Å². The first-order valence-electron chi connectivity index (χ1n) is 3.45. The van der Waals surface area contributed by atoms with Gasteiger partial charge in [0.1, 0.15) is 0 Å². The molecule has 0 radical (unpaired) electrons. The van der Waals surface area contributed by atoms with Crippen LogP contribution < -0.4 is 11.1 Å². The van der Waals surface area contributed by atoms with Gasteiger partial charge < -0.3 is 16.2 Å². The number of nitrogens with two attached hydrogens (primary N) is 1. The van der Waals surface area contributed by atoms with E-state index in [1.165, 1.54) is 0 Å². The van der Waals surface area contributed by atoms with Crippen LogP contribution in [0.1, 0.15) is 12.8 Å². The zero-order valence-corrected chi connectivity index (χ0v) is 5.51. The normalized spacial score (nSPS) is 38.0. The van der Waals surface area contributed by atoms with E-state index in [1.807, 2.05) is 0 Å². The van der Waals surface area contributed by atoms with Gasteiger partial charge in [-0.15, -0.1) is 0 Å². The molecule has 1 aliphatic rings. The molecule has 0 unspecified atom stereocenters. The van der Waals surface area contributed by atoms with Gasteiger partial charge in [-0.25, -0.2) is 0 Å². The van der Waals surface area contributed by atoms with Gasteiger partial charge in [-0.2, -0.15) is 0 Å². The van der Waals surface area contributed by atoms with Gasteiger partial charge in [-0.3, -0.25) is 0 Å². The van der Waals surface area contributed by atoms with Crippen LogP contribution in [0, 0.1) is 0 Å². The summed E-state index contributed by atoms with van der Waals surface area (Å²) in [6.07, 6.45) is 1.39. The quantitative estimate of drug-likeness (QED) is 0.396. The average molecular weight is 130 g/mol. The lowest BCUT2D eigenvalue weighted by Crippen LogP contribution is -2.34. The summed E-state index contributed by atoms with van der Waals surface area (Å²) < 4.78 is 0. The third-order valence-corrected chi connectivity index (χ3v) is 1.77. The van der Waals surface area contributed by atoms with Gasteiger partial charge in [-0.05, 0) is 25.9 Å². The SMILES string of the molecule is N[C@H]1CCNCC[C@@H]1O. The maximum atomic E-state index is 9.19. The molecule has 0 aliphatic carbocycles. The fourth-order valence-electron chi connectivity index (χ4n) is 1.05. The number of aliphatic hydroxyl groups is 1. The van der Waals surface area contributed by atoms with Gasteiger partial charge >= 0.3 is 0 Å². The molecule has 3 nitrogen and oxygen atoms in total. The van der Waals surface area contributed by atoms with E-state index in [4.69, 9.17) is 5.73 Å². The lowest BCUT2D eigenvalue weighted by molar-refractivity contribution is 0.141. The standard InChI is InChI=1S/C6H14N2O/c7-5-1-3-8-4-2-6(5)9/h5-6,8-9H,1-4,7H2/t5-,6-/m0/s1. The van der Waals surface area contributed by atoms with E-state index in [0.717, 1.165) is 25.9 Å². The summed E-state index contributed by atoms with van der Waals surface area (Å²) in [4.78, 5) is 0. The molecule has 1 aliphatic heterocycles. The lowest BCUT2D eigenvalue weighted by Gasteiger charge is -2.12. The molecule has 1 heterocycles. The van der Waals surface area contributed by atoms with E-state index in [1.54, 1.807) is 0 Å². The Morgan fingerprint density at radius 1 is 1.33 bits per heavy atom. The first kappa shape index (κ1) is 6.99. The molecule has 1 rings (SSSR count). The van der Waals surface area contributed by atoms with E-state index in [9.17, 15) is 5.11 Å². The minimum atomic E-state index is -0.292. The Labute approximate surface area is 55.2 Å². The Morgan fingerprint density at radius 2 is 2.00 bits per heavy atom. The topological polar surface area (TPSA) is 58.3 Å². The van der Waals surface area contributed by atoms with Crippen LogP contribution in [0.5, 0.6) is 0 Å². The van der Waals surface area contributed by atoms with Crippen LogP contribution in [-0.2, 0) is 0 Å². The number of rotatable bonds is 0. The van der Waals surface area contributed by atoms with Crippen molar-refractivity contribution < 1.29 is 5.11 Å². The molecule has 1 saturated heterocycles. The minimum absolute atomic E-state index is 0.0139. The van der Waals surface area contributed by atoms with Crippen LogP contribution in [0.4, 0.5) is 0 Å². The fourth-order valence-corrected chi connectivity index (χ4v) is 1.05. The van der Waals surface area contributed by atoms with Crippen molar-refractivity contribution in [2.45, 2.75) is 25.0 Å². The first-order valence-corrected chi connectivity index (χ1v) is 3.45. The van der Waals surface area contributed by atoms with Crippen molar-refractivity contribution in [3.8, 4) is 0 Å². The average Bonchev–Trinajstić information content (AvgIpc) is 1.99. The molecule has 0 aromatic carbocycles. The second-order valence-electron chi connectivity index (χ2n) is 2.56. The van der Waals surface area contributed by atoms with Gasteiger partial charge in [0.25, 0.3) is 0 Å². The largest absolute Gasteiger partial charge is 0.391 e. The minimum Gasteiger partial charge on any atom is -0.391 e. The molecule has 0 saturated carbocycles. The predicted molar refractivity (Wildman–Crippen MR) is 36.1 cm³/mol. The Bertz CT molecular complexity index is 77.1. The van der Waals surface area contributed by atoms with Crippen LogP contribution in [0.15, 0.2) is 0 Å². The lowest BCUT2D eigenvalue weighted by atomic mass is 10.1. The van der Waals surface area contributed by atoms with Crippen molar-refractivity contribution in [3.63, 3.8) is 0 Å². The third kappa shape index (κ3) is 1.93. The van der Waals surface area contributed by atoms with Crippen molar-refractivity contribution >= 4 is 0 Å². The van der Waals surface area contributed by atoms with Crippen LogP contribution in [0.3, 0.4) is 0 Å². The Morgan fingerprint density at radius 3 is 2.78 bits per heavy atom. The summed E-state index contributed by atoms with van der Waals surface area (Å²) in [5, 5.41) is 12.4. The second-order valence-corrected chi connectivity index (χ2v) is 2.56. The van der Waals surface area contributed by atoms with E-state index >= 15 is 0 Å². The summed E-state index contributed by atoms with van der Waals surface area (Å²) in [6.45, 7) is 1.84. The highest BCUT2D eigenvalue weighted by atomic mass is 16.3. The molecule has 0 aromatic heterocycles. The fraction of sp³-hybridized carbons (Fsp3) is 1.00. The van der Waals surface area contributed by atoms with Gasteiger partial charge in [0.05, 0.1) is 6.10 Å². The summed E-state index contributed by atoms with van der Waals surface area (Å²) in [5.74, 6) is 0. The summed E-state index contributed by atoms with van der Waals surface area (Å²) in [6, 6.07) is -0.0139. The zero-order chi connectivity index (χ0) is 6.69. The van der Waals surface area contributed by atoms with Gasteiger partial charge in [0.15, 0.2) is 0 Å². The summed E-state index contributed by atoms with van der Waals surface area (Å²) >= 11 is 0. The molecule has 54 valence electrons. The molecule has 0 amide bonds. The van der Waals surface area contributed by atoms with Crippen LogP contribution in [0.2, 0.25) is 0 Å². The Balaban J connectivity index is 2.32. The number of hydrogen-bond donors (Lipinski definition) is 3. The molecule has 0 aromatic rings. The molecular formula is C6H14N2O. The zero-order valence-electron chi connectivity index (χ0n) is 5.51. The van der Waals surface area contributed by atoms with E-state index < -0.39 is 0 Å². The highest BCUT2D eigenvalue weighted by Gasteiger charge is 2.16. The molecule has 3 heteroatoms. The van der Waals surface area contributed by atoms with E-state index in [2.05, 4.69) is 5.32 Å². The van der Waals surface area contributed by atoms with Crippen molar-refractivity contribution in [3.05, 3.63) is 0 Å². The summed E-state index contributed by atoms with van der Waals surface area (Å²) in [5.41, 5.74) is 5.59. The molecule has 0 spiro atoms. The molecular weight excluding hydrogens is 116 g/mol. The monoisotopic (exact) mass is 130 g/mol. The van der Waals surface area contributed by atoms with E-state index in [-0.39, 0.29) is 12.1 Å². The number of nitrogens with one attached hydrogen (secondary N) is 1. The van der Waals surface area contributed by atoms with Crippen molar-refractivity contribution in [2.75, 3.05) is 13.1 Å². The highest BCUT2D eigenvalue weighted by molar-refractivity contribution is 4.76. The predicted octanol–water partition coefficient (Wildman–Crippen LogP) is -0.942. The first-order chi connectivity index (χ1) is 4.30. The molecule has 4 N–H and O–H groups in total.